The third-order valence-corrected chi connectivity index (χ3v) is 7.07. The van der Waals surface area contributed by atoms with E-state index in [4.69, 9.17) is 20.9 Å². The number of hydrogen-bond acceptors (Lipinski definition) is 9. The van der Waals surface area contributed by atoms with Crippen molar-refractivity contribution < 1.29 is 32.2 Å². The first-order chi connectivity index (χ1) is 17.0. The number of halogens is 1. The number of sulfonamides is 1. The molecule has 1 heterocycles. The van der Waals surface area contributed by atoms with Crippen LogP contribution in [0.1, 0.15) is 45.4 Å². The first-order valence-corrected chi connectivity index (χ1v) is 13.5. The van der Waals surface area contributed by atoms with Crippen molar-refractivity contribution in [3.63, 3.8) is 0 Å². The number of non-ortho nitro benzene ring substituents is 1. The highest BCUT2D eigenvalue weighted by molar-refractivity contribution is 7.89. The molecule has 1 unspecified atom stereocenters. The first-order valence-electron chi connectivity index (χ1n) is 11.4. The summed E-state index contributed by atoms with van der Waals surface area (Å²) in [4.78, 5) is 36.4. The van der Waals surface area contributed by atoms with Crippen LogP contribution in [0.15, 0.2) is 29.2 Å². The van der Waals surface area contributed by atoms with Gasteiger partial charge in [0.05, 0.1) is 22.9 Å². The summed E-state index contributed by atoms with van der Waals surface area (Å²) in [5, 5.41) is 11.0. The zero-order valence-electron chi connectivity index (χ0n) is 20.2. The minimum atomic E-state index is -4.36. The Bertz CT molecular complexity index is 1090. The van der Waals surface area contributed by atoms with Crippen molar-refractivity contribution in [2.45, 2.75) is 55.8 Å². The van der Waals surface area contributed by atoms with Gasteiger partial charge in [0.15, 0.2) is 5.44 Å². The Labute approximate surface area is 216 Å². The summed E-state index contributed by atoms with van der Waals surface area (Å²) in [7, 11) is -4.48. The van der Waals surface area contributed by atoms with Crippen LogP contribution in [0, 0.1) is 22.0 Å². The molecule has 0 saturated carbocycles. The normalized spacial score (nSPS) is 16.6. The molecule has 0 bridgehead atoms. The summed E-state index contributed by atoms with van der Waals surface area (Å²) in [6, 6.07) is 4.28. The van der Waals surface area contributed by atoms with E-state index in [2.05, 4.69) is 16.6 Å². The smallest absolute Gasteiger partial charge is 0.496 e. The lowest BCUT2D eigenvalue weighted by atomic mass is 9.62. The summed E-state index contributed by atoms with van der Waals surface area (Å²) in [6.07, 6.45) is 2.92. The van der Waals surface area contributed by atoms with Crippen LogP contribution in [0.2, 0.25) is 0 Å². The lowest BCUT2D eigenvalue weighted by Gasteiger charge is -2.34. The summed E-state index contributed by atoms with van der Waals surface area (Å²) >= 11 is 5.84. The van der Waals surface area contributed by atoms with Crippen LogP contribution in [0.3, 0.4) is 0 Å². The molecule has 0 spiro atoms. The minimum absolute atomic E-state index is 0.0200. The fraction of sp³-hybridized carbons (Fsp3) is 0.545. The van der Waals surface area contributed by atoms with Crippen molar-refractivity contribution in [2.24, 2.45) is 0 Å². The van der Waals surface area contributed by atoms with E-state index in [1.807, 2.05) is 6.92 Å². The van der Waals surface area contributed by atoms with Crippen molar-refractivity contribution in [3.05, 3.63) is 34.4 Å². The number of rotatable bonds is 11. The molecular formula is C22H29BClN3O8S. The number of alkyl halides is 1. The van der Waals surface area contributed by atoms with Crippen molar-refractivity contribution in [3.8, 4) is 11.8 Å². The first kappa shape index (κ1) is 29.6. The number of likely N-dealkylation sites (N-methyl/N-ethyl adjacent to an activating group) is 1. The van der Waals surface area contributed by atoms with E-state index in [1.54, 1.807) is 7.05 Å². The number of nitro groups is 1. The zero-order valence-corrected chi connectivity index (χ0v) is 21.8. The van der Waals surface area contributed by atoms with Gasteiger partial charge in [0, 0.05) is 24.4 Å². The van der Waals surface area contributed by atoms with Gasteiger partial charge in [0.1, 0.15) is 0 Å². The second kappa shape index (κ2) is 13.6. The molecule has 0 aromatic heterocycles. The highest BCUT2D eigenvalue weighted by atomic mass is 35.5. The predicted molar refractivity (Wildman–Crippen MR) is 133 cm³/mol. The maximum Gasteiger partial charge on any atom is 0.634 e. The van der Waals surface area contributed by atoms with Gasteiger partial charge in [-0.3, -0.25) is 24.6 Å². The molecular weight excluding hydrogens is 513 g/mol. The summed E-state index contributed by atoms with van der Waals surface area (Å²) in [5.74, 6) is 4.68. The monoisotopic (exact) mass is 541 g/mol. The average Bonchev–Trinajstić information content (AvgIpc) is 2.80. The van der Waals surface area contributed by atoms with Crippen molar-refractivity contribution in [1.82, 2.24) is 9.62 Å². The Morgan fingerprint density at radius 1 is 1.17 bits per heavy atom. The molecule has 1 aliphatic heterocycles. The highest BCUT2D eigenvalue weighted by Crippen LogP contribution is 2.25. The summed E-state index contributed by atoms with van der Waals surface area (Å²) in [6.45, 7) is 1.56. The summed E-state index contributed by atoms with van der Waals surface area (Å²) in [5.41, 5.74) is -2.10. The van der Waals surface area contributed by atoms with Gasteiger partial charge in [-0.15, -0.1) is 17.5 Å². The zero-order chi connectivity index (χ0) is 26.8. The second-order valence-corrected chi connectivity index (χ2v) is 10.4. The van der Waals surface area contributed by atoms with E-state index in [1.165, 1.54) is 4.90 Å². The van der Waals surface area contributed by atoms with Gasteiger partial charge in [-0.2, -0.15) is 4.72 Å². The van der Waals surface area contributed by atoms with Crippen LogP contribution in [-0.2, 0) is 28.9 Å². The highest BCUT2D eigenvalue weighted by Gasteiger charge is 2.54. The minimum Gasteiger partial charge on any atom is -0.496 e. The van der Waals surface area contributed by atoms with Gasteiger partial charge < -0.3 is 9.31 Å². The third-order valence-electron chi connectivity index (χ3n) is 5.27. The molecule has 11 nitrogen and oxygen atoms in total. The topological polar surface area (TPSA) is 145 Å². The maximum atomic E-state index is 13.4. The van der Waals surface area contributed by atoms with Crippen LogP contribution in [0.4, 0.5) is 5.69 Å². The van der Waals surface area contributed by atoms with Gasteiger partial charge in [0.25, 0.3) is 5.69 Å². The second-order valence-electron chi connectivity index (χ2n) is 8.36. The van der Waals surface area contributed by atoms with E-state index < -0.39 is 39.4 Å². The van der Waals surface area contributed by atoms with Gasteiger partial charge in [-0.05, 0) is 44.9 Å². The van der Waals surface area contributed by atoms with Crippen LogP contribution in [0.25, 0.3) is 0 Å². The molecule has 1 aromatic carbocycles. The molecule has 14 heteroatoms. The lowest BCUT2D eigenvalue weighted by molar-refractivity contribution is -0.384. The van der Waals surface area contributed by atoms with Gasteiger partial charge in [-0.1, -0.05) is 19.3 Å². The number of benzene rings is 1. The van der Waals surface area contributed by atoms with E-state index in [-0.39, 0.29) is 30.1 Å². The van der Waals surface area contributed by atoms with E-state index >= 15 is 0 Å². The maximum absolute atomic E-state index is 13.4. The van der Waals surface area contributed by atoms with Crippen LogP contribution < -0.4 is 4.72 Å². The Morgan fingerprint density at radius 2 is 1.78 bits per heavy atom. The third kappa shape index (κ3) is 8.48. The molecule has 0 amide bonds. The number of carbonyl (C=O) groups excluding carboxylic acids is 2. The molecule has 1 aliphatic rings. The van der Waals surface area contributed by atoms with E-state index in [9.17, 15) is 28.1 Å². The van der Waals surface area contributed by atoms with Crippen LogP contribution in [-0.4, -0.2) is 68.8 Å². The van der Waals surface area contributed by atoms with Gasteiger partial charge >= 0.3 is 19.1 Å². The molecule has 0 aliphatic carbocycles. The summed E-state index contributed by atoms with van der Waals surface area (Å²) < 4.78 is 40.2. The molecule has 1 N–H and O–H groups in total. The number of carbonyl (C=O) groups is 2. The number of hydrogen-bond donors (Lipinski definition) is 1. The Hall–Kier alpha value is -2.66. The molecule has 1 atom stereocenters. The molecule has 1 aromatic rings. The Kier molecular flexibility index (Phi) is 11.2. The molecule has 2 rings (SSSR count). The number of nitrogens with one attached hydrogen (secondary N) is 1. The molecule has 0 radical (unpaired) electrons. The van der Waals surface area contributed by atoms with Crippen LogP contribution >= 0.6 is 11.6 Å². The quantitative estimate of drug-likeness (QED) is 0.111. The van der Waals surface area contributed by atoms with Crippen molar-refractivity contribution in [2.75, 3.05) is 26.0 Å². The molecule has 36 heavy (non-hydrogen) atoms. The molecule has 196 valence electrons. The SMILES string of the molecule is CCCCC#CC(CCCCCl)(NS(=O)(=O)c1ccc([N+](=O)[O-])cc1)B1OC(=O)CN(C)CC(=O)O1. The van der Waals surface area contributed by atoms with Crippen molar-refractivity contribution >= 4 is 46.4 Å². The Morgan fingerprint density at radius 3 is 2.31 bits per heavy atom. The van der Waals surface area contributed by atoms with Crippen LogP contribution in [0.5, 0.6) is 0 Å². The number of nitro benzene ring substituents is 1. The molecule has 1 fully saturated rings. The largest absolute Gasteiger partial charge is 0.634 e. The van der Waals surface area contributed by atoms with E-state index in [0.29, 0.717) is 25.1 Å². The Balaban J connectivity index is 2.57. The predicted octanol–water partition coefficient (Wildman–Crippen LogP) is 2.27. The number of nitrogens with zero attached hydrogens (tertiary/aromatic N) is 2. The fourth-order valence-corrected chi connectivity index (χ4v) is 4.96. The van der Waals surface area contributed by atoms with Gasteiger partial charge in [-0.25, -0.2) is 8.42 Å². The average molecular weight is 542 g/mol. The lowest BCUT2D eigenvalue weighted by Crippen LogP contribution is -2.63. The number of unbranched alkanes of at least 4 members (excludes halogenated alkanes) is 3. The van der Waals surface area contributed by atoms with Gasteiger partial charge in [0.2, 0.25) is 10.0 Å². The van der Waals surface area contributed by atoms with E-state index in [0.717, 1.165) is 37.1 Å². The van der Waals surface area contributed by atoms with Crippen molar-refractivity contribution in [1.29, 1.82) is 0 Å². The standard InChI is InChI=1S/C22H29BClN3O8S/c1-3-4-5-6-13-22(14-7-8-15-24,23-34-20(28)16-26(2)17-21(29)35-23)25-36(32,33)19-11-9-18(10-12-19)27(30)31/h9-12,25H,3-5,7-8,14-17H2,1-2H3. The molecule has 1 saturated heterocycles. The fourth-order valence-electron chi connectivity index (χ4n) is 3.43.